The Bertz CT molecular complexity index is 761. The molecule has 0 aliphatic carbocycles. The van der Waals surface area contributed by atoms with Crippen LogP contribution in [0.3, 0.4) is 0 Å². The second-order valence-electron chi connectivity index (χ2n) is 5.82. The Kier molecular flexibility index (Phi) is 6.85. The molecule has 2 rings (SSSR count). The zero-order chi connectivity index (χ0) is 18.4. The van der Waals surface area contributed by atoms with Crippen LogP contribution in [0.25, 0.3) is 0 Å². The van der Waals surface area contributed by atoms with E-state index in [0.717, 1.165) is 11.1 Å². The van der Waals surface area contributed by atoms with Crippen molar-refractivity contribution < 1.29 is 9.59 Å². The van der Waals surface area contributed by atoms with Crippen LogP contribution < -0.4 is 5.32 Å². The Balaban J connectivity index is 1.94. The summed E-state index contributed by atoms with van der Waals surface area (Å²) in [4.78, 5) is 25.6. The SMILES string of the molecule is CC(=O)N(CCc1ccc(Cl)cc1)CC(=O)Nc1ccc(Cl)cc1C. The van der Waals surface area contributed by atoms with E-state index in [1.165, 1.54) is 11.8 Å². The van der Waals surface area contributed by atoms with Crippen molar-refractivity contribution in [2.45, 2.75) is 20.3 Å². The molecular formula is C19H20Cl2N2O2. The maximum atomic E-state index is 12.3. The first-order chi connectivity index (χ1) is 11.8. The van der Waals surface area contributed by atoms with Crippen molar-refractivity contribution in [3.05, 3.63) is 63.6 Å². The first kappa shape index (κ1) is 19.3. The Hall–Kier alpha value is -2.04. The summed E-state index contributed by atoms with van der Waals surface area (Å²) in [6.45, 7) is 3.79. The molecule has 0 saturated heterocycles. The molecule has 0 fully saturated rings. The van der Waals surface area contributed by atoms with Crippen LogP contribution in [0.4, 0.5) is 5.69 Å². The van der Waals surface area contributed by atoms with Crippen molar-refractivity contribution in [3.8, 4) is 0 Å². The molecule has 0 radical (unpaired) electrons. The molecule has 0 heterocycles. The first-order valence-electron chi connectivity index (χ1n) is 7.91. The normalized spacial score (nSPS) is 10.4. The van der Waals surface area contributed by atoms with E-state index in [1.807, 2.05) is 31.2 Å². The number of nitrogens with one attached hydrogen (secondary N) is 1. The molecule has 25 heavy (non-hydrogen) atoms. The van der Waals surface area contributed by atoms with E-state index in [4.69, 9.17) is 23.2 Å². The number of carbonyl (C=O) groups excluding carboxylic acids is 2. The highest BCUT2D eigenvalue weighted by Crippen LogP contribution is 2.19. The van der Waals surface area contributed by atoms with Crippen LogP contribution in [0.1, 0.15) is 18.1 Å². The van der Waals surface area contributed by atoms with Gasteiger partial charge in [-0.1, -0.05) is 35.3 Å². The molecule has 6 heteroatoms. The number of amides is 2. The topological polar surface area (TPSA) is 49.4 Å². The number of aryl methyl sites for hydroxylation is 1. The summed E-state index contributed by atoms with van der Waals surface area (Å²) in [7, 11) is 0. The molecule has 0 aromatic heterocycles. The van der Waals surface area contributed by atoms with E-state index in [1.54, 1.807) is 18.2 Å². The largest absolute Gasteiger partial charge is 0.333 e. The highest BCUT2D eigenvalue weighted by atomic mass is 35.5. The van der Waals surface area contributed by atoms with Gasteiger partial charge in [0.05, 0.1) is 6.54 Å². The van der Waals surface area contributed by atoms with E-state index < -0.39 is 0 Å². The third-order valence-corrected chi connectivity index (χ3v) is 4.31. The minimum absolute atomic E-state index is 0.00495. The van der Waals surface area contributed by atoms with Gasteiger partial charge in [-0.05, 0) is 54.8 Å². The molecule has 132 valence electrons. The third-order valence-electron chi connectivity index (χ3n) is 3.83. The quantitative estimate of drug-likeness (QED) is 0.812. The monoisotopic (exact) mass is 378 g/mol. The predicted molar refractivity (Wildman–Crippen MR) is 102 cm³/mol. The maximum Gasteiger partial charge on any atom is 0.244 e. The average molecular weight is 379 g/mol. The summed E-state index contributed by atoms with van der Waals surface area (Å²) in [5.41, 5.74) is 2.62. The van der Waals surface area contributed by atoms with Crippen molar-refractivity contribution >= 4 is 40.7 Å². The molecule has 0 bridgehead atoms. The average Bonchev–Trinajstić information content (AvgIpc) is 2.55. The van der Waals surface area contributed by atoms with Crippen LogP contribution in [0.15, 0.2) is 42.5 Å². The second-order valence-corrected chi connectivity index (χ2v) is 6.70. The van der Waals surface area contributed by atoms with Gasteiger partial charge in [-0.25, -0.2) is 0 Å². The molecule has 2 amide bonds. The lowest BCUT2D eigenvalue weighted by atomic mass is 10.1. The molecular weight excluding hydrogens is 359 g/mol. The zero-order valence-corrected chi connectivity index (χ0v) is 15.7. The van der Waals surface area contributed by atoms with Gasteiger partial charge in [-0.15, -0.1) is 0 Å². The number of anilines is 1. The van der Waals surface area contributed by atoms with Gasteiger partial charge < -0.3 is 10.2 Å². The fraction of sp³-hybridized carbons (Fsp3) is 0.263. The van der Waals surface area contributed by atoms with Gasteiger partial charge >= 0.3 is 0 Å². The molecule has 4 nitrogen and oxygen atoms in total. The summed E-state index contributed by atoms with van der Waals surface area (Å²) in [6, 6.07) is 12.7. The van der Waals surface area contributed by atoms with E-state index in [0.29, 0.717) is 28.7 Å². The van der Waals surface area contributed by atoms with Crippen LogP contribution in [-0.4, -0.2) is 29.8 Å². The number of carbonyl (C=O) groups is 2. The molecule has 0 aliphatic heterocycles. The molecule has 0 unspecified atom stereocenters. The van der Waals surface area contributed by atoms with Crippen LogP contribution in [0, 0.1) is 6.92 Å². The summed E-state index contributed by atoms with van der Waals surface area (Å²) in [5, 5.41) is 4.11. The lowest BCUT2D eigenvalue weighted by Crippen LogP contribution is -2.38. The minimum atomic E-state index is -0.239. The highest BCUT2D eigenvalue weighted by molar-refractivity contribution is 6.31. The minimum Gasteiger partial charge on any atom is -0.333 e. The summed E-state index contributed by atoms with van der Waals surface area (Å²) >= 11 is 11.8. The van der Waals surface area contributed by atoms with Gasteiger partial charge in [-0.2, -0.15) is 0 Å². The molecule has 0 atom stereocenters. The Morgan fingerprint density at radius 3 is 2.28 bits per heavy atom. The van der Waals surface area contributed by atoms with Gasteiger partial charge in [0.2, 0.25) is 11.8 Å². The van der Waals surface area contributed by atoms with Gasteiger partial charge in [0, 0.05) is 29.2 Å². The van der Waals surface area contributed by atoms with Gasteiger partial charge in [-0.3, -0.25) is 9.59 Å². The highest BCUT2D eigenvalue weighted by Gasteiger charge is 2.14. The molecule has 0 saturated carbocycles. The lowest BCUT2D eigenvalue weighted by Gasteiger charge is -2.21. The molecule has 0 aliphatic rings. The number of hydrogen-bond acceptors (Lipinski definition) is 2. The lowest BCUT2D eigenvalue weighted by molar-refractivity contribution is -0.132. The summed E-state index contributed by atoms with van der Waals surface area (Å²) in [6.07, 6.45) is 0.657. The Labute approximate surface area is 157 Å². The number of nitrogens with zero attached hydrogens (tertiary/aromatic N) is 1. The zero-order valence-electron chi connectivity index (χ0n) is 14.2. The van der Waals surface area contributed by atoms with Crippen LogP contribution in [0.5, 0.6) is 0 Å². The van der Waals surface area contributed by atoms with Crippen molar-refractivity contribution in [3.63, 3.8) is 0 Å². The Morgan fingerprint density at radius 1 is 1.04 bits per heavy atom. The van der Waals surface area contributed by atoms with Crippen molar-refractivity contribution in [1.82, 2.24) is 4.90 Å². The molecule has 0 spiro atoms. The second kappa shape index (κ2) is 8.88. The van der Waals surface area contributed by atoms with Crippen molar-refractivity contribution in [1.29, 1.82) is 0 Å². The molecule has 2 aromatic carbocycles. The summed E-state index contributed by atoms with van der Waals surface area (Å²) < 4.78 is 0. The van der Waals surface area contributed by atoms with Crippen LogP contribution in [-0.2, 0) is 16.0 Å². The van der Waals surface area contributed by atoms with Gasteiger partial charge in [0.25, 0.3) is 0 Å². The smallest absolute Gasteiger partial charge is 0.244 e. The fourth-order valence-corrected chi connectivity index (χ4v) is 2.75. The summed E-state index contributed by atoms with van der Waals surface area (Å²) in [5.74, 6) is -0.381. The number of benzene rings is 2. The number of halogens is 2. The van der Waals surface area contributed by atoms with E-state index in [9.17, 15) is 9.59 Å². The number of hydrogen-bond donors (Lipinski definition) is 1. The van der Waals surface area contributed by atoms with Crippen molar-refractivity contribution in [2.75, 3.05) is 18.4 Å². The standard InChI is InChI=1S/C19H20Cl2N2O2/c1-13-11-17(21)7-8-18(13)22-19(25)12-23(14(2)24)10-9-15-3-5-16(20)6-4-15/h3-8,11H,9-10,12H2,1-2H3,(H,22,25). The van der Waals surface area contributed by atoms with E-state index in [2.05, 4.69) is 5.32 Å². The van der Waals surface area contributed by atoms with E-state index in [-0.39, 0.29) is 18.4 Å². The maximum absolute atomic E-state index is 12.3. The Morgan fingerprint density at radius 2 is 1.68 bits per heavy atom. The van der Waals surface area contributed by atoms with Gasteiger partial charge in [0.15, 0.2) is 0 Å². The fourth-order valence-electron chi connectivity index (χ4n) is 2.39. The molecule has 2 aromatic rings. The predicted octanol–water partition coefficient (Wildman–Crippen LogP) is 4.33. The first-order valence-corrected chi connectivity index (χ1v) is 8.66. The van der Waals surface area contributed by atoms with Crippen molar-refractivity contribution in [2.24, 2.45) is 0 Å². The van der Waals surface area contributed by atoms with Gasteiger partial charge in [0.1, 0.15) is 0 Å². The number of rotatable bonds is 6. The van der Waals surface area contributed by atoms with E-state index >= 15 is 0 Å². The van der Waals surface area contributed by atoms with Crippen LogP contribution in [0.2, 0.25) is 10.0 Å². The van der Waals surface area contributed by atoms with Crippen LogP contribution >= 0.6 is 23.2 Å². The molecule has 1 N–H and O–H groups in total. The third kappa shape index (κ3) is 6.07.